The van der Waals surface area contributed by atoms with Crippen LogP contribution in [0.5, 0.6) is 11.5 Å². The third-order valence-corrected chi connectivity index (χ3v) is 5.95. The summed E-state index contributed by atoms with van der Waals surface area (Å²) in [5.41, 5.74) is 3.24. The first-order chi connectivity index (χ1) is 18.0. The summed E-state index contributed by atoms with van der Waals surface area (Å²) in [5.74, 6) is 0.250. The molecule has 186 valence electrons. The van der Waals surface area contributed by atoms with E-state index >= 15 is 0 Å². The number of benzene rings is 4. The van der Waals surface area contributed by atoms with E-state index in [0.29, 0.717) is 28.4 Å². The molecule has 0 spiro atoms. The minimum atomic E-state index is -0.521. The highest BCUT2D eigenvalue weighted by atomic mass is 19.1. The van der Waals surface area contributed by atoms with Crippen LogP contribution in [-0.2, 0) is 4.79 Å². The number of nitrogens with zero attached hydrogens (tertiary/aromatic N) is 1. The predicted octanol–water partition coefficient (Wildman–Crippen LogP) is 5.62. The lowest BCUT2D eigenvalue weighted by molar-refractivity contribution is -0.118. The zero-order valence-electron chi connectivity index (χ0n) is 20.0. The molecule has 4 aromatic carbocycles. The second kappa shape index (κ2) is 10.4. The Morgan fingerprint density at radius 3 is 2.46 bits per heavy atom. The van der Waals surface area contributed by atoms with Crippen LogP contribution in [-0.4, -0.2) is 25.5 Å². The Morgan fingerprint density at radius 1 is 0.946 bits per heavy atom. The van der Waals surface area contributed by atoms with Gasteiger partial charge in [0.05, 0.1) is 12.7 Å². The molecule has 0 aromatic heterocycles. The smallest absolute Gasteiger partial charge is 0.262 e. The van der Waals surface area contributed by atoms with Crippen LogP contribution in [0.1, 0.15) is 22.1 Å². The molecule has 1 heterocycles. The van der Waals surface area contributed by atoms with Crippen LogP contribution in [0.3, 0.4) is 0 Å². The maximum atomic E-state index is 13.6. The van der Waals surface area contributed by atoms with E-state index in [9.17, 15) is 14.0 Å². The van der Waals surface area contributed by atoms with Crippen molar-refractivity contribution in [1.29, 1.82) is 0 Å². The van der Waals surface area contributed by atoms with Crippen LogP contribution in [0.15, 0.2) is 97.1 Å². The summed E-state index contributed by atoms with van der Waals surface area (Å²) < 4.78 is 24.1. The van der Waals surface area contributed by atoms with Gasteiger partial charge in [-0.05, 0) is 78.4 Å². The fraction of sp³-hybridized carbons (Fsp3) is 0.103. The molecule has 0 radical (unpaired) electrons. The lowest BCUT2D eigenvalue weighted by Crippen LogP contribution is -2.43. The highest BCUT2D eigenvalue weighted by Gasteiger charge is 2.34. The molecule has 1 atom stereocenters. The van der Waals surface area contributed by atoms with E-state index in [0.717, 1.165) is 11.3 Å². The van der Waals surface area contributed by atoms with Crippen molar-refractivity contribution in [2.45, 2.75) is 6.17 Å². The zero-order valence-corrected chi connectivity index (χ0v) is 20.0. The predicted molar refractivity (Wildman–Crippen MR) is 140 cm³/mol. The molecule has 8 heteroatoms. The van der Waals surface area contributed by atoms with Crippen molar-refractivity contribution in [3.63, 3.8) is 0 Å². The highest BCUT2D eigenvalue weighted by Crippen LogP contribution is 2.37. The monoisotopic (exact) mass is 497 g/mol. The molecule has 1 unspecified atom stereocenters. The number of amides is 2. The van der Waals surface area contributed by atoms with E-state index in [4.69, 9.17) is 9.47 Å². The van der Waals surface area contributed by atoms with Gasteiger partial charge in [0.2, 0.25) is 0 Å². The van der Waals surface area contributed by atoms with Crippen LogP contribution in [0, 0.1) is 5.82 Å². The van der Waals surface area contributed by atoms with Gasteiger partial charge in [-0.3, -0.25) is 14.5 Å². The lowest BCUT2D eigenvalue weighted by atomic mass is 10.0. The van der Waals surface area contributed by atoms with E-state index in [1.54, 1.807) is 48.4 Å². The van der Waals surface area contributed by atoms with E-state index in [1.165, 1.54) is 24.3 Å². The van der Waals surface area contributed by atoms with Crippen molar-refractivity contribution in [3.8, 4) is 11.5 Å². The quantitative estimate of drug-likeness (QED) is 0.346. The van der Waals surface area contributed by atoms with Gasteiger partial charge in [-0.2, -0.15) is 0 Å². The maximum absolute atomic E-state index is 13.6. The average Bonchev–Trinajstić information content (AvgIpc) is 2.93. The van der Waals surface area contributed by atoms with Crippen molar-refractivity contribution in [1.82, 2.24) is 0 Å². The minimum absolute atomic E-state index is 0.144. The van der Waals surface area contributed by atoms with E-state index < -0.39 is 6.17 Å². The molecule has 0 fully saturated rings. The van der Waals surface area contributed by atoms with Gasteiger partial charge < -0.3 is 20.1 Å². The van der Waals surface area contributed by atoms with Gasteiger partial charge in [0.25, 0.3) is 11.8 Å². The molecule has 0 saturated heterocycles. The van der Waals surface area contributed by atoms with Crippen molar-refractivity contribution in [2.24, 2.45) is 0 Å². The summed E-state index contributed by atoms with van der Waals surface area (Å²) >= 11 is 0. The van der Waals surface area contributed by atoms with Crippen molar-refractivity contribution < 1.29 is 23.5 Å². The number of carbonyl (C=O) groups excluding carboxylic acids is 2. The number of fused-ring (bicyclic) bond motifs is 1. The minimum Gasteiger partial charge on any atom is -0.497 e. The molecular weight excluding hydrogens is 473 g/mol. The molecular formula is C29H24FN3O4. The summed E-state index contributed by atoms with van der Waals surface area (Å²) in [7, 11) is 1.59. The third kappa shape index (κ3) is 5.23. The molecule has 37 heavy (non-hydrogen) atoms. The summed E-state index contributed by atoms with van der Waals surface area (Å²) in [4.78, 5) is 27.6. The first-order valence-electron chi connectivity index (χ1n) is 11.6. The number of para-hydroxylation sites is 1. The number of halogens is 1. The summed E-state index contributed by atoms with van der Waals surface area (Å²) in [6.07, 6.45) is -0.521. The summed E-state index contributed by atoms with van der Waals surface area (Å²) in [5, 5.41) is 6.12. The first-order valence-corrected chi connectivity index (χ1v) is 11.6. The fourth-order valence-electron chi connectivity index (χ4n) is 4.15. The Bertz CT molecular complexity index is 1420. The zero-order chi connectivity index (χ0) is 25.8. The van der Waals surface area contributed by atoms with Crippen LogP contribution < -0.4 is 25.0 Å². The topological polar surface area (TPSA) is 79.9 Å². The summed E-state index contributed by atoms with van der Waals surface area (Å²) in [6, 6.07) is 27.4. The number of hydrogen-bond donors (Lipinski definition) is 2. The Kier molecular flexibility index (Phi) is 6.72. The molecule has 0 bridgehead atoms. The van der Waals surface area contributed by atoms with E-state index in [-0.39, 0.29) is 24.2 Å². The van der Waals surface area contributed by atoms with Crippen LogP contribution in [0.4, 0.5) is 21.5 Å². The maximum Gasteiger partial charge on any atom is 0.262 e. The molecule has 2 N–H and O–H groups in total. The van der Waals surface area contributed by atoms with Gasteiger partial charge >= 0.3 is 0 Å². The molecule has 0 aliphatic carbocycles. The lowest BCUT2D eigenvalue weighted by Gasteiger charge is -2.38. The van der Waals surface area contributed by atoms with Crippen LogP contribution in [0.2, 0.25) is 0 Å². The second-order valence-corrected chi connectivity index (χ2v) is 8.38. The second-order valence-electron chi connectivity index (χ2n) is 8.38. The van der Waals surface area contributed by atoms with Gasteiger partial charge in [0.1, 0.15) is 23.5 Å². The van der Waals surface area contributed by atoms with E-state index in [1.807, 2.05) is 36.4 Å². The Morgan fingerprint density at radius 2 is 1.70 bits per heavy atom. The summed E-state index contributed by atoms with van der Waals surface area (Å²) in [6.45, 7) is -0.233. The van der Waals surface area contributed by atoms with Crippen LogP contribution in [0.25, 0.3) is 0 Å². The molecule has 2 amide bonds. The molecule has 0 saturated carbocycles. The van der Waals surface area contributed by atoms with Crippen LogP contribution >= 0.6 is 0 Å². The third-order valence-electron chi connectivity index (χ3n) is 5.95. The average molecular weight is 498 g/mol. The SMILES string of the molecule is COc1ccc(N2C(=O)c3ccccc3NC2c2cccc(OCC(=O)Nc3ccc(F)cc3)c2)cc1. The molecule has 4 aromatic rings. The first kappa shape index (κ1) is 23.9. The number of ether oxygens (including phenoxy) is 2. The van der Waals surface area contributed by atoms with E-state index in [2.05, 4.69) is 10.6 Å². The van der Waals surface area contributed by atoms with Gasteiger partial charge in [0.15, 0.2) is 6.61 Å². The number of anilines is 3. The van der Waals surface area contributed by atoms with Crippen molar-refractivity contribution >= 4 is 28.9 Å². The van der Waals surface area contributed by atoms with Gasteiger partial charge in [-0.25, -0.2) is 4.39 Å². The largest absolute Gasteiger partial charge is 0.497 e. The van der Waals surface area contributed by atoms with Gasteiger partial charge in [-0.15, -0.1) is 0 Å². The highest BCUT2D eigenvalue weighted by molar-refractivity contribution is 6.12. The molecule has 1 aliphatic rings. The van der Waals surface area contributed by atoms with Gasteiger partial charge in [-0.1, -0.05) is 24.3 Å². The fourth-order valence-corrected chi connectivity index (χ4v) is 4.15. The number of rotatable bonds is 7. The molecule has 1 aliphatic heterocycles. The Labute approximate surface area is 213 Å². The Hall–Kier alpha value is -4.85. The van der Waals surface area contributed by atoms with Crippen molar-refractivity contribution in [2.75, 3.05) is 29.3 Å². The number of methoxy groups -OCH3 is 1. The normalized spacial score (nSPS) is 14.4. The standard InChI is InChI=1S/C29H24FN3O4/c1-36-23-15-13-22(14-16-23)33-28(32-26-8-3-2-7-25(26)29(33)35)19-5-4-6-24(17-19)37-18-27(34)31-21-11-9-20(30)10-12-21/h2-17,28,32H,18H2,1H3,(H,31,34). The molecule has 7 nitrogen and oxygen atoms in total. The van der Waals surface area contributed by atoms with Crippen molar-refractivity contribution in [3.05, 3.63) is 114 Å². The number of carbonyl (C=O) groups is 2. The number of nitrogens with one attached hydrogen (secondary N) is 2. The van der Waals surface area contributed by atoms with Gasteiger partial charge in [0, 0.05) is 17.1 Å². The Balaban J connectivity index is 1.38. The number of hydrogen-bond acceptors (Lipinski definition) is 5. The molecule has 5 rings (SSSR count).